The van der Waals surface area contributed by atoms with E-state index >= 15 is 0 Å². The lowest BCUT2D eigenvalue weighted by molar-refractivity contribution is -0.172. The Kier molecular flexibility index (Phi) is 8.38. The van der Waals surface area contributed by atoms with E-state index in [0.29, 0.717) is 44.1 Å². The molecule has 0 radical (unpaired) electrons. The molecule has 0 unspecified atom stereocenters. The first-order valence-electron chi connectivity index (χ1n) is 14.5. The number of phosphoric ester groups is 1. The van der Waals surface area contributed by atoms with E-state index in [0.717, 1.165) is 0 Å². The minimum Gasteiger partial charge on any atom is -0.460 e. The third-order valence-corrected chi connectivity index (χ3v) is 11.6. The Bertz CT molecular complexity index is 1090. The van der Waals surface area contributed by atoms with Gasteiger partial charge >= 0.3 is 13.8 Å². The summed E-state index contributed by atoms with van der Waals surface area (Å²) in [6.07, 6.45) is 2.42. The number of esters is 1. The van der Waals surface area contributed by atoms with Gasteiger partial charge in [-0.1, -0.05) is 20.8 Å². The third-order valence-electron chi connectivity index (χ3n) is 11.0. The van der Waals surface area contributed by atoms with E-state index in [1.807, 2.05) is 13.8 Å². The molecule has 4 rings (SSSR count). The number of fused-ring (bicyclic) bond motifs is 5. The van der Waals surface area contributed by atoms with Crippen molar-refractivity contribution in [3.8, 4) is 0 Å². The number of phosphoric acid groups is 1. The summed E-state index contributed by atoms with van der Waals surface area (Å²) in [7, 11) is -4.91. The average Bonchev–Trinajstić information content (AvgIpc) is 3.08. The Labute approximate surface area is 236 Å². The Morgan fingerprint density at radius 2 is 1.82 bits per heavy atom. The molecule has 11 heteroatoms. The molecule has 0 aromatic heterocycles. The normalized spacial score (nSPS) is 41.3. The molecule has 0 bridgehead atoms. The maximum Gasteiger partial charge on any atom is 0.469 e. The predicted octanol–water partition coefficient (Wildman–Crippen LogP) is 3.43. The number of allylic oxidation sites excluding steroid dienone is 1. The van der Waals surface area contributed by atoms with E-state index in [-0.39, 0.29) is 36.4 Å². The average molecular weight is 587 g/mol. The number of carbonyl (C=O) groups excluding carboxylic acids is 2. The number of hydrogen-bond donors (Lipinski definition) is 5. The van der Waals surface area contributed by atoms with Gasteiger partial charge in [-0.05, 0) is 100 Å². The van der Waals surface area contributed by atoms with E-state index in [1.165, 1.54) is 6.92 Å². The second-order valence-electron chi connectivity index (χ2n) is 14.1. The van der Waals surface area contributed by atoms with E-state index in [9.17, 15) is 39.3 Å². The standard InChI is InChI=1S/C29H47O10P/c1-16(22(31)9-10-26(3,4)33)18-8-12-29(34)20-13-23(32)21-14-24(38-17(2)30)25(39-40(35,36)37)15-27(21,5)19(20)7-11-28(18,29)6/h13,16,18-19,21-22,24-25,31,33-34H,7-12,14-15H2,1-6H3,(H2,35,36,37)/t16-,18+,19-,21-,22+,24+,25-,27+,28+,29+/m0/s1. The Morgan fingerprint density at radius 1 is 1.18 bits per heavy atom. The van der Waals surface area contributed by atoms with Crippen LogP contribution in [0.4, 0.5) is 0 Å². The van der Waals surface area contributed by atoms with Gasteiger partial charge in [0.25, 0.3) is 0 Å². The van der Waals surface area contributed by atoms with Crippen molar-refractivity contribution in [2.24, 2.45) is 34.5 Å². The van der Waals surface area contributed by atoms with E-state index < -0.39 is 60.1 Å². The smallest absolute Gasteiger partial charge is 0.460 e. The molecule has 228 valence electrons. The summed E-state index contributed by atoms with van der Waals surface area (Å²) < 4.78 is 22.3. The number of carbonyl (C=O) groups is 2. The molecule has 4 aliphatic carbocycles. The Morgan fingerprint density at radius 3 is 2.40 bits per heavy atom. The van der Waals surface area contributed by atoms with Gasteiger partial charge in [0.2, 0.25) is 0 Å². The zero-order valence-corrected chi connectivity index (χ0v) is 25.4. The van der Waals surface area contributed by atoms with Gasteiger partial charge in [0.1, 0.15) is 12.2 Å². The van der Waals surface area contributed by atoms with Crippen molar-refractivity contribution in [2.75, 3.05) is 0 Å². The lowest BCUT2D eigenvalue weighted by Crippen LogP contribution is -2.61. The van der Waals surface area contributed by atoms with Crippen LogP contribution in [0.5, 0.6) is 0 Å². The molecule has 5 N–H and O–H groups in total. The molecule has 0 aromatic carbocycles. The first-order valence-corrected chi connectivity index (χ1v) is 16.0. The van der Waals surface area contributed by atoms with E-state index in [4.69, 9.17) is 9.26 Å². The van der Waals surface area contributed by atoms with Gasteiger partial charge < -0.3 is 29.8 Å². The van der Waals surface area contributed by atoms with E-state index in [1.54, 1.807) is 19.9 Å². The van der Waals surface area contributed by atoms with Crippen molar-refractivity contribution >= 4 is 19.6 Å². The van der Waals surface area contributed by atoms with Crippen molar-refractivity contribution in [2.45, 2.75) is 122 Å². The van der Waals surface area contributed by atoms with Crippen LogP contribution in [0.25, 0.3) is 0 Å². The Hall–Kier alpha value is -1.13. The van der Waals surface area contributed by atoms with Gasteiger partial charge in [0.15, 0.2) is 5.78 Å². The molecule has 4 aliphatic rings. The summed E-state index contributed by atoms with van der Waals surface area (Å²) in [5, 5.41) is 33.6. The molecular formula is C29H47O10P. The van der Waals surface area contributed by atoms with Crippen molar-refractivity contribution in [3.63, 3.8) is 0 Å². The van der Waals surface area contributed by atoms with Gasteiger partial charge in [-0.3, -0.25) is 14.1 Å². The highest BCUT2D eigenvalue weighted by Gasteiger charge is 2.67. The molecule has 10 atom stereocenters. The van der Waals surface area contributed by atoms with Crippen molar-refractivity contribution in [1.82, 2.24) is 0 Å². The highest BCUT2D eigenvalue weighted by molar-refractivity contribution is 7.46. The molecule has 3 saturated carbocycles. The maximum atomic E-state index is 13.7. The largest absolute Gasteiger partial charge is 0.469 e. The van der Waals surface area contributed by atoms with Crippen LogP contribution in [-0.4, -0.2) is 66.4 Å². The Balaban J connectivity index is 1.65. The van der Waals surface area contributed by atoms with Crippen LogP contribution < -0.4 is 0 Å². The van der Waals surface area contributed by atoms with Crippen LogP contribution in [0.15, 0.2) is 11.6 Å². The number of hydrogen-bond acceptors (Lipinski definition) is 8. The highest BCUT2D eigenvalue weighted by atomic mass is 31.2. The van der Waals surface area contributed by atoms with Crippen molar-refractivity contribution in [3.05, 3.63) is 11.6 Å². The lowest BCUT2D eigenvalue weighted by atomic mass is 9.45. The van der Waals surface area contributed by atoms with Crippen LogP contribution >= 0.6 is 7.82 Å². The lowest BCUT2D eigenvalue weighted by Gasteiger charge is -2.60. The van der Waals surface area contributed by atoms with Crippen LogP contribution in [0.1, 0.15) is 92.9 Å². The van der Waals surface area contributed by atoms with Gasteiger partial charge in [-0.15, -0.1) is 0 Å². The van der Waals surface area contributed by atoms with Crippen LogP contribution in [0.2, 0.25) is 0 Å². The second kappa shape index (κ2) is 10.5. The number of ether oxygens (including phenoxy) is 1. The van der Waals surface area contributed by atoms with E-state index in [2.05, 4.69) is 6.92 Å². The maximum absolute atomic E-state index is 13.7. The summed E-state index contributed by atoms with van der Waals surface area (Å²) in [5.74, 6) is -1.69. The molecule has 0 heterocycles. The third kappa shape index (κ3) is 5.62. The minimum absolute atomic E-state index is 0.00206. The molecule has 0 aromatic rings. The second-order valence-corrected chi connectivity index (χ2v) is 15.3. The van der Waals surface area contributed by atoms with Gasteiger partial charge in [-0.25, -0.2) is 4.57 Å². The topological polar surface area (TPSA) is 171 Å². The zero-order chi connectivity index (χ0) is 30.1. The molecule has 10 nitrogen and oxygen atoms in total. The number of rotatable bonds is 8. The van der Waals surface area contributed by atoms with Gasteiger partial charge in [0, 0.05) is 18.3 Å². The van der Waals surface area contributed by atoms with Crippen LogP contribution in [-0.2, 0) is 23.4 Å². The molecule has 0 amide bonds. The first-order chi connectivity index (χ1) is 18.2. The summed E-state index contributed by atoms with van der Waals surface area (Å²) in [6.45, 7) is 10.6. The van der Waals surface area contributed by atoms with Gasteiger partial charge in [-0.2, -0.15) is 0 Å². The first kappa shape index (κ1) is 31.8. The molecular weight excluding hydrogens is 539 g/mol. The van der Waals surface area contributed by atoms with Crippen LogP contribution in [0, 0.1) is 34.5 Å². The highest BCUT2D eigenvalue weighted by Crippen LogP contribution is 2.68. The molecule has 0 spiro atoms. The predicted molar refractivity (Wildman–Crippen MR) is 146 cm³/mol. The van der Waals surface area contributed by atoms with Crippen LogP contribution in [0.3, 0.4) is 0 Å². The quantitative estimate of drug-likeness (QED) is 0.210. The monoisotopic (exact) mass is 586 g/mol. The molecule has 0 saturated heterocycles. The van der Waals surface area contributed by atoms with Crippen molar-refractivity contribution in [1.29, 1.82) is 0 Å². The zero-order valence-electron chi connectivity index (χ0n) is 24.5. The summed E-state index contributed by atoms with van der Waals surface area (Å²) in [5.41, 5.74) is -2.81. The number of ketones is 1. The SMILES string of the molecule is CC(=O)O[C@@H]1C[C@H]2C(=O)C=C3[C@H](CC[C@]4(C)[C@@H]([C@H](C)[C@H](O)CCC(C)(C)O)CC[C@@]34O)[C@@]2(C)C[C@@H]1OP(=O)(O)O. The number of aliphatic hydroxyl groups excluding tert-OH is 1. The fraction of sp³-hybridized carbons (Fsp3) is 0.862. The fourth-order valence-electron chi connectivity index (χ4n) is 8.87. The number of aliphatic hydroxyl groups is 3. The van der Waals surface area contributed by atoms with Crippen molar-refractivity contribution < 1.29 is 48.5 Å². The fourth-order valence-corrected chi connectivity index (χ4v) is 9.43. The summed E-state index contributed by atoms with van der Waals surface area (Å²) in [4.78, 5) is 44.6. The minimum atomic E-state index is -4.91. The summed E-state index contributed by atoms with van der Waals surface area (Å²) >= 11 is 0. The molecule has 3 fully saturated rings. The molecule has 40 heavy (non-hydrogen) atoms. The summed E-state index contributed by atoms with van der Waals surface area (Å²) in [6, 6.07) is 0. The van der Waals surface area contributed by atoms with Gasteiger partial charge in [0.05, 0.1) is 17.3 Å². The molecule has 0 aliphatic heterocycles.